The molecule has 3 nitrogen and oxygen atoms in total. The van der Waals surface area contributed by atoms with Gasteiger partial charge in [-0.2, -0.15) is 0 Å². The molecule has 0 saturated heterocycles. The fraction of sp³-hybridized carbons (Fsp3) is 0.533. The summed E-state index contributed by atoms with van der Waals surface area (Å²) < 4.78 is 0. The van der Waals surface area contributed by atoms with Gasteiger partial charge in [-0.15, -0.1) is 11.3 Å². The van der Waals surface area contributed by atoms with Crippen molar-refractivity contribution in [1.29, 1.82) is 0 Å². The minimum atomic E-state index is 0.0604. The first-order valence-electron chi connectivity index (χ1n) is 6.50. The van der Waals surface area contributed by atoms with Crippen LogP contribution in [0.4, 0.5) is 0 Å². The summed E-state index contributed by atoms with van der Waals surface area (Å²) in [7, 11) is 1.86. The van der Waals surface area contributed by atoms with Crippen molar-refractivity contribution in [1.82, 2.24) is 4.90 Å². The molecule has 4 heteroatoms. The summed E-state index contributed by atoms with van der Waals surface area (Å²) in [5.74, 6) is 6.39. The van der Waals surface area contributed by atoms with E-state index in [1.165, 1.54) is 11.3 Å². The molecule has 0 aliphatic carbocycles. The van der Waals surface area contributed by atoms with Crippen molar-refractivity contribution in [2.75, 3.05) is 13.6 Å². The number of carbonyl (C=O) groups is 1. The molecule has 19 heavy (non-hydrogen) atoms. The van der Waals surface area contributed by atoms with E-state index in [4.69, 9.17) is 5.73 Å². The standard InChI is InChI=1S/C15H22N2OS/c1-11(2)8-12(3)17(4)15(18)13-9-14(19-10-13)6-5-7-16/h9-12H,7-8,16H2,1-4H3. The van der Waals surface area contributed by atoms with Crippen LogP contribution in [0.3, 0.4) is 0 Å². The second-order valence-corrected chi connectivity index (χ2v) is 6.01. The molecular weight excluding hydrogens is 256 g/mol. The zero-order valence-electron chi connectivity index (χ0n) is 12.1. The van der Waals surface area contributed by atoms with Gasteiger partial charge in [0.15, 0.2) is 0 Å². The predicted molar refractivity (Wildman–Crippen MR) is 81.3 cm³/mol. The molecule has 1 amide bonds. The van der Waals surface area contributed by atoms with Gasteiger partial charge in [0, 0.05) is 18.5 Å². The summed E-state index contributed by atoms with van der Waals surface area (Å²) in [5, 5.41) is 1.86. The Morgan fingerprint density at radius 3 is 2.74 bits per heavy atom. The molecule has 0 bridgehead atoms. The zero-order valence-corrected chi connectivity index (χ0v) is 12.9. The molecule has 104 valence electrons. The SMILES string of the molecule is CC(C)CC(C)N(C)C(=O)c1csc(C#CCN)c1. The van der Waals surface area contributed by atoms with Crippen LogP contribution in [0.15, 0.2) is 11.4 Å². The molecule has 0 aromatic carbocycles. The van der Waals surface area contributed by atoms with Crippen LogP contribution < -0.4 is 5.73 Å². The number of thiophene rings is 1. The maximum Gasteiger partial charge on any atom is 0.254 e. The van der Waals surface area contributed by atoms with Gasteiger partial charge in [0.25, 0.3) is 5.91 Å². The van der Waals surface area contributed by atoms with Crippen molar-refractivity contribution in [3.63, 3.8) is 0 Å². The molecule has 0 aliphatic rings. The minimum absolute atomic E-state index is 0.0604. The lowest BCUT2D eigenvalue weighted by Gasteiger charge is -2.26. The van der Waals surface area contributed by atoms with E-state index in [-0.39, 0.29) is 11.9 Å². The third-order valence-corrected chi connectivity index (χ3v) is 3.80. The first kappa shape index (κ1) is 15.7. The van der Waals surface area contributed by atoms with E-state index in [9.17, 15) is 4.79 Å². The van der Waals surface area contributed by atoms with Crippen molar-refractivity contribution < 1.29 is 4.79 Å². The van der Waals surface area contributed by atoms with Gasteiger partial charge < -0.3 is 10.6 Å². The van der Waals surface area contributed by atoms with Crippen LogP contribution in [0.5, 0.6) is 0 Å². The van der Waals surface area contributed by atoms with Crippen LogP contribution in [-0.2, 0) is 0 Å². The lowest BCUT2D eigenvalue weighted by Crippen LogP contribution is -2.35. The molecule has 1 rings (SSSR count). The topological polar surface area (TPSA) is 46.3 Å². The second kappa shape index (κ2) is 7.32. The first-order chi connectivity index (χ1) is 8.95. The smallest absolute Gasteiger partial charge is 0.254 e. The summed E-state index contributed by atoms with van der Waals surface area (Å²) in [5.41, 5.74) is 6.05. The lowest BCUT2D eigenvalue weighted by atomic mass is 10.0. The van der Waals surface area contributed by atoms with Crippen LogP contribution in [-0.4, -0.2) is 30.4 Å². The average Bonchev–Trinajstić information content (AvgIpc) is 2.82. The molecule has 1 aromatic rings. The Morgan fingerprint density at radius 2 is 2.16 bits per heavy atom. The van der Waals surface area contributed by atoms with Crippen molar-refractivity contribution in [2.45, 2.75) is 33.2 Å². The van der Waals surface area contributed by atoms with Crippen molar-refractivity contribution in [3.05, 3.63) is 21.9 Å². The Morgan fingerprint density at radius 1 is 1.47 bits per heavy atom. The molecule has 0 aliphatic heterocycles. The van der Waals surface area contributed by atoms with Crippen LogP contribution in [0.25, 0.3) is 0 Å². The molecule has 1 aromatic heterocycles. The molecular formula is C15H22N2OS. The molecule has 0 fully saturated rings. The van der Waals surface area contributed by atoms with Gasteiger partial charge in [-0.3, -0.25) is 4.79 Å². The van der Waals surface area contributed by atoms with Gasteiger partial charge in [0.05, 0.1) is 17.0 Å². The van der Waals surface area contributed by atoms with E-state index in [1.807, 2.05) is 23.4 Å². The van der Waals surface area contributed by atoms with E-state index < -0.39 is 0 Å². The minimum Gasteiger partial charge on any atom is -0.339 e. The Labute approximate surface area is 119 Å². The fourth-order valence-corrected chi connectivity index (χ4v) is 2.65. The summed E-state index contributed by atoms with van der Waals surface area (Å²) >= 11 is 1.48. The number of carbonyl (C=O) groups excluding carboxylic acids is 1. The van der Waals surface area contributed by atoms with Gasteiger partial charge in [-0.05, 0) is 25.3 Å². The normalized spacial score (nSPS) is 11.9. The fourth-order valence-electron chi connectivity index (χ4n) is 1.90. The highest BCUT2D eigenvalue weighted by Gasteiger charge is 2.19. The average molecular weight is 278 g/mol. The third-order valence-electron chi connectivity index (χ3n) is 2.95. The number of nitrogens with zero attached hydrogens (tertiary/aromatic N) is 1. The lowest BCUT2D eigenvalue weighted by molar-refractivity contribution is 0.0729. The van der Waals surface area contributed by atoms with Gasteiger partial charge in [-0.25, -0.2) is 0 Å². The van der Waals surface area contributed by atoms with Crippen LogP contribution in [0, 0.1) is 17.8 Å². The van der Waals surface area contributed by atoms with E-state index in [2.05, 4.69) is 32.6 Å². The Bertz CT molecular complexity index is 482. The number of amides is 1. The second-order valence-electron chi connectivity index (χ2n) is 5.10. The Hall–Kier alpha value is -1.31. The van der Waals surface area contributed by atoms with Crippen molar-refractivity contribution in [2.24, 2.45) is 11.7 Å². The van der Waals surface area contributed by atoms with Gasteiger partial charge in [-0.1, -0.05) is 25.7 Å². The highest BCUT2D eigenvalue weighted by molar-refractivity contribution is 7.10. The van der Waals surface area contributed by atoms with E-state index in [0.29, 0.717) is 18.0 Å². The molecule has 0 saturated carbocycles. The van der Waals surface area contributed by atoms with E-state index in [0.717, 1.165) is 11.3 Å². The van der Waals surface area contributed by atoms with E-state index in [1.54, 1.807) is 0 Å². The molecule has 0 radical (unpaired) electrons. The summed E-state index contributed by atoms with van der Waals surface area (Å²) in [6.45, 7) is 6.76. The quantitative estimate of drug-likeness (QED) is 0.860. The molecule has 1 heterocycles. The first-order valence-corrected chi connectivity index (χ1v) is 7.38. The van der Waals surface area contributed by atoms with Crippen molar-refractivity contribution in [3.8, 4) is 11.8 Å². The molecule has 2 N–H and O–H groups in total. The number of hydrogen-bond acceptors (Lipinski definition) is 3. The highest BCUT2D eigenvalue weighted by Crippen LogP contribution is 2.18. The van der Waals surface area contributed by atoms with Crippen LogP contribution in [0.1, 0.15) is 42.4 Å². The third kappa shape index (κ3) is 4.70. The number of hydrogen-bond donors (Lipinski definition) is 1. The maximum atomic E-state index is 12.3. The zero-order chi connectivity index (χ0) is 14.4. The summed E-state index contributed by atoms with van der Waals surface area (Å²) in [6, 6.07) is 2.08. The van der Waals surface area contributed by atoms with Gasteiger partial charge in [0.2, 0.25) is 0 Å². The monoisotopic (exact) mass is 278 g/mol. The van der Waals surface area contributed by atoms with Crippen molar-refractivity contribution >= 4 is 17.2 Å². The Balaban J connectivity index is 2.74. The van der Waals surface area contributed by atoms with E-state index >= 15 is 0 Å². The van der Waals surface area contributed by atoms with Gasteiger partial charge >= 0.3 is 0 Å². The predicted octanol–water partition coefficient (Wildman–Crippen LogP) is 2.56. The Kier molecular flexibility index (Phi) is 6.07. The van der Waals surface area contributed by atoms with Crippen LogP contribution >= 0.6 is 11.3 Å². The maximum absolute atomic E-state index is 12.3. The summed E-state index contributed by atoms with van der Waals surface area (Å²) in [4.78, 5) is 15.0. The highest BCUT2D eigenvalue weighted by atomic mass is 32.1. The van der Waals surface area contributed by atoms with Crippen LogP contribution in [0.2, 0.25) is 0 Å². The van der Waals surface area contributed by atoms with Gasteiger partial charge in [0.1, 0.15) is 0 Å². The number of nitrogens with two attached hydrogens (primary N) is 1. The molecule has 0 spiro atoms. The summed E-state index contributed by atoms with van der Waals surface area (Å²) in [6.07, 6.45) is 1.01. The number of rotatable bonds is 4. The largest absolute Gasteiger partial charge is 0.339 e. The molecule has 1 atom stereocenters. The molecule has 1 unspecified atom stereocenters.